The van der Waals surface area contributed by atoms with Crippen LogP contribution in [0.1, 0.15) is 58.8 Å². The van der Waals surface area contributed by atoms with E-state index in [9.17, 15) is 10.2 Å². The van der Waals surface area contributed by atoms with Crippen LogP contribution < -0.4 is 0 Å². The Bertz CT molecular complexity index is 433. The van der Waals surface area contributed by atoms with Crippen molar-refractivity contribution in [2.45, 2.75) is 71.0 Å². The fraction of sp³-hybridized carbons (Fsp3) is 0.684. The number of hydrogen-bond acceptors (Lipinski definition) is 2. The Morgan fingerprint density at radius 3 is 2.76 bits per heavy atom. The van der Waals surface area contributed by atoms with Gasteiger partial charge < -0.3 is 10.2 Å². The number of aliphatic hydroxyl groups excluding tert-OH is 2. The molecule has 0 amide bonds. The molecule has 2 rings (SSSR count). The van der Waals surface area contributed by atoms with Crippen LogP contribution in [0.4, 0.5) is 0 Å². The Kier molecular flexibility index (Phi) is 5.83. The Morgan fingerprint density at radius 1 is 1.29 bits per heavy atom. The summed E-state index contributed by atoms with van der Waals surface area (Å²) < 4.78 is 0. The Hall–Kier alpha value is -0.860. The second kappa shape index (κ2) is 7.42. The summed E-state index contributed by atoms with van der Waals surface area (Å²) in [6, 6.07) is 0. The first-order valence-corrected chi connectivity index (χ1v) is 8.47. The van der Waals surface area contributed by atoms with E-state index in [1.807, 2.05) is 0 Å². The smallest absolute Gasteiger partial charge is 0.0811 e. The fourth-order valence-corrected chi connectivity index (χ4v) is 3.83. The van der Waals surface area contributed by atoms with Crippen molar-refractivity contribution in [1.29, 1.82) is 0 Å². The SMILES string of the molecule is C=C1/C(=C\C=C2/CCC[C@@H](C)C2CCC)CC(O)C[C@@H]1O. The molecule has 2 N–H and O–H groups in total. The van der Waals surface area contributed by atoms with Crippen molar-refractivity contribution in [1.82, 2.24) is 0 Å². The molecule has 2 unspecified atom stereocenters. The van der Waals surface area contributed by atoms with Crippen molar-refractivity contribution in [2.24, 2.45) is 11.8 Å². The summed E-state index contributed by atoms with van der Waals surface area (Å²) in [6.45, 7) is 8.61. The first-order valence-electron chi connectivity index (χ1n) is 8.47. The van der Waals surface area contributed by atoms with Crippen molar-refractivity contribution in [2.75, 3.05) is 0 Å². The van der Waals surface area contributed by atoms with Gasteiger partial charge in [-0.1, -0.05) is 44.6 Å². The fourth-order valence-electron chi connectivity index (χ4n) is 3.83. The largest absolute Gasteiger partial charge is 0.393 e. The average molecular weight is 290 g/mol. The van der Waals surface area contributed by atoms with E-state index in [4.69, 9.17) is 0 Å². The molecule has 0 heterocycles. The normalized spacial score (nSPS) is 38.2. The van der Waals surface area contributed by atoms with Gasteiger partial charge in [0.05, 0.1) is 12.2 Å². The van der Waals surface area contributed by atoms with E-state index in [1.165, 1.54) is 32.1 Å². The van der Waals surface area contributed by atoms with E-state index in [2.05, 4.69) is 32.6 Å². The molecule has 0 aromatic rings. The third kappa shape index (κ3) is 4.08. The predicted octanol–water partition coefficient (Wildman–Crippen LogP) is 4.15. The summed E-state index contributed by atoms with van der Waals surface area (Å²) >= 11 is 0. The van der Waals surface area contributed by atoms with Gasteiger partial charge in [0.15, 0.2) is 0 Å². The maximum atomic E-state index is 9.91. The van der Waals surface area contributed by atoms with Gasteiger partial charge in [0.25, 0.3) is 0 Å². The molecule has 2 aliphatic rings. The molecular formula is C19H30O2. The lowest BCUT2D eigenvalue weighted by Crippen LogP contribution is -2.27. The van der Waals surface area contributed by atoms with Gasteiger partial charge in [-0.15, -0.1) is 0 Å². The van der Waals surface area contributed by atoms with E-state index >= 15 is 0 Å². The topological polar surface area (TPSA) is 40.5 Å². The van der Waals surface area contributed by atoms with Crippen LogP contribution in [0.3, 0.4) is 0 Å². The molecule has 0 aromatic heterocycles. The third-order valence-electron chi connectivity index (χ3n) is 5.15. The van der Waals surface area contributed by atoms with E-state index in [1.54, 1.807) is 5.57 Å². The summed E-state index contributed by atoms with van der Waals surface area (Å²) in [7, 11) is 0. The highest BCUT2D eigenvalue weighted by molar-refractivity contribution is 5.38. The van der Waals surface area contributed by atoms with Crippen LogP contribution in [0, 0.1) is 11.8 Å². The summed E-state index contributed by atoms with van der Waals surface area (Å²) in [5.41, 5.74) is 3.35. The molecule has 0 aliphatic heterocycles. The minimum absolute atomic E-state index is 0.419. The molecule has 2 fully saturated rings. The lowest BCUT2D eigenvalue weighted by molar-refractivity contribution is 0.0862. The Labute approximate surface area is 129 Å². The second-order valence-electron chi connectivity index (χ2n) is 6.83. The minimum Gasteiger partial charge on any atom is -0.393 e. The first kappa shape index (κ1) is 16.5. The molecule has 2 nitrogen and oxygen atoms in total. The van der Waals surface area contributed by atoms with Crippen molar-refractivity contribution in [3.05, 3.63) is 35.5 Å². The number of aliphatic hydroxyl groups is 2. The van der Waals surface area contributed by atoms with Crippen molar-refractivity contribution in [3.8, 4) is 0 Å². The average Bonchev–Trinajstić information content (AvgIpc) is 2.44. The van der Waals surface area contributed by atoms with Gasteiger partial charge in [0.2, 0.25) is 0 Å². The van der Waals surface area contributed by atoms with Gasteiger partial charge >= 0.3 is 0 Å². The molecule has 4 atom stereocenters. The molecular weight excluding hydrogens is 260 g/mol. The van der Waals surface area contributed by atoms with E-state index in [0.29, 0.717) is 18.8 Å². The van der Waals surface area contributed by atoms with Crippen molar-refractivity contribution in [3.63, 3.8) is 0 Å². The lowest BCUT2D eigenvalue weighted by atomic mass is 9.74. The lowest BCUT2D eigenvalue weighted by Gasteiger charge is -2.32. The Balaban J connectivity index is 2.16. The van der Waals surface area contributed by atoms with Crippen LogP contribution in [-0.4, -0.2) is 22.4 Å². The minimum atomic E-state index is -0.588. The molecule has 21 heavy (non-hydrogen) atoms. The van der Waals surface area contributed by atoms with Gasteiger partial charge in [-0.2, -0.15) is 0 Å². The maximum absolute atomic E-state index is 9.91. The molecule has 0 bridgehead atoms. The van der Waals surface area contributed by atoms with Crippen LogP contribution in [0.5, 0.6) is 0 Å². The summed E-state index contributed by atoms with van der Waals surface area (Å²) in [5.74, 6) is 1.47. The van der Waals surface area contributed by atoms with Crippen LogP contribution in [-0.2, 0) is 0 Å². The van der Waals surface area contributed by atoms with Crippen molar-refractivity contribution < 1.29 is 10.2 Å². The standard InChI is InChI=1S/C19H30O2/c1-4-6-18-13(2)7-5-8-15(18)9-10-16-11-17(20)12-19(21)14(16)3/h9-10,13,17-21H,3-8,11-12H2,1-2H3/b15-9+,16-10-/t13-,17?,18?,19+/m1/s1. The van der Waals surface area contributed by atoms with Crippen LogP contribution in [0.25, 0.3) is 0 Å². The number of hydrogen-bond donors (Lipinski definition) is 2. The van der Waals surface area contributed by atoms with E-state index < -0.39 is 12.2 Å². The molecule has 2 saturated carbocycles. The van der Waals surface area contributed by atoms with E-state index in [-0.39, 0.29) is 0 Å². The highest BCUT2D eigenvalue weighted by Gasteiger charge is 2.26. The Morgan fingerprint density at radius 2 is 2.05 bits per heavy atom. The van der Waals surface area contributed by atoms with Crippen LogP contribution in [0.15, 0.2) is 35.5 Å². The molecule has 0 radical (unpaired) electrons. The predicted molar refractivity (Wildman–Crippen MR) is 88.0 cm³/mol. The van der Waals surface area contributed by atoms with Gasteiger partial charge in [-0.05, 0) is 55.1 Å². The zero-order chi connectivity index (χ0) is 15.4. The number of rotatable bonds is 3. The zero-order valence-corrected chi connectivity index (χ0v) is 13.5. The monoisotopic (exact) mass is 290 g/mol. The van der Waals surface area contributed by atoms with Gasteiger partial charge in [-0.25, -0.2) is 0 Å². The molecule has 2 heteroatoms. The molecule has 0 saturated heterocycles. The van der Waals surface area contributed by atoms with Crippen molar-refractivity contribution >= 4 is 0 Å². The third-order valence-corrected chi connectivity index (χ3v) is 5.15. The number of allylic oxidation sites excluding steroid dienone is 3. The summed E-state index contributed by atoms with van der Waals surface area (Å²) in [6.07, 6.45) is 10.7. The first-order chi connectivity index (χ1) is 10.0. The van der Waals surface area contributed by atoms with Gasteiger partial charge in [0, 0.05) is 6.42 Å². The highest BCUT2D eigenvalue weighted by atomic mass is 16.3. The summed E-state index contributed by atoms with van der Waals surface area (Å²) in [5, 5.41) is 19.7. The molecule has 118 valence electrons. The maximum Gasteiger partial charge on any atom is 0.0811 e. The van der Waals surface area contributed by atoms with E-state index in [0.717, 1.165) is 17.1 Å². The second-order valence-corrected chi connectivity index (χ2v) is 6.83. The highest BCUT2D eigenvalue weighted by Crippen LogP contribution is 2.37. The molecule has 0 aromatic carbocycles. The zero-order valence-electron chi connectivity index (χ0n) is 13.5. The van der Waals surface area contributed by atoms with Gasteiger partial charge in [0.1, 0.15) is 0 Å². The molecule has 0 spiro atoms. The van der Waals surface area contributed by atoms with Crippen LogP contribution >= 0.6 is 0 Å². The molecule has 2 aliphatic carbocycles. The quantitative estimate of drug-likeness (QED) is 0.820. The summed E-state index contributed by atoms with van der Waals surface area (Å²) in [4.78, 5) is 0. The van der Waals surface area contributed by atoms with Gasteiger partial charge in [-0.3, -0.25) is 0 Å². The van der Waals surface area contributed by atoms with Crippen LogP contribution in [0.2, 0.25) is 0 Å².